The van der Waals surface area contributed by atoms with Crippen LogP contribution < -0.4 is 5.32 Å². The molecule has 2 heterocycles. The van der Waals surface area contributed by atoms with Crippen LogP contribution >= 0.6 is 27.3 Å². The molecule has 20 heavy (non-hydrogen) atoms. The van der Waals surface area contributed by atoms with Crippen LogP contribution in [0.25, 0.3) is 10.9 Å². The van der Waals surface area contributed by atoms with Crippen molar-refractivity contribution in [3.8, 4) is 6.07 Å². The minimum atomic E-state index is 0.319. The maximum absolute atomic E-state index is 9.18. The number of hydrogen-bond donors (Lipinski definition) is 1. The zero-order valence-electron chi connectivity index (χ0n) is 10.3. The molecule has 0 fully saturated rings. The molecule has 0 saturated heterocycles. The summed E-state index contributed by atoms with van der Waals surface area (Å²) in [6.45, 7) is 0.653. The van der Waals surface area contributed by atoms with E-state index in [1.807, 2.05) is 36.4 Å². The fourth-order valence-electron chi connectivity index (χ4n) is 1.93. The van der Waals surface area contributed by atoms with Crippen molar-refractivity contribution >= 4 is 43.9 Å². The number of fused-ring (bicyclic) bond motifs is 1. The number of nitrogens with one attached hydrogen (secondary N) is 1. The van der Waals surface area contributed by atoms with E-state index in [4.69, 9.17) is 0 Å². The van der Waals surface area contributed by atoms with Gasteiger partial charge in [-0.2, -0.15) is 5.26 Å². The topological polar surface area (TPSA) is 61.6 Å². The highest BCUT2D eigenvalue weighted by atomic mass is 79.9. The van der Waals surface area contributed by atoms with Crippen molar-refractivity contribution in [2.24, 2.45) is 0 Å². The summed E-state index contributed by atoms with van der Waals surface area (Å²) in [5.74, 6) is 0. The number of aromatic nitrogens is 2. The lowest BCUT2D eigenvalue weighted by molar-refractivity contribution is 1.04. The molecule has 0 aliphatic rings. The second-order valence-electron chi connectivity index (χ2n) is 4.11. The third-order valence-corrected chi connectivity index (χ3v) is 4.47. The quantitative estimate of drug-likeness (QED) is 0.781. The summed E-state index contributed by atoms with van der Waals surface area (Å²) in [4.78, 5) is 1.18. The van der Waals surface area contributed by atoms with Crippen LogP contribution in [-0.4, -0.2) is 10.2 Å². The van der Waals surface area contributed by atoms with Crippen molar-refractivity contribution in [1.82, 2.24) is 10.2 Å². The molecule has 0 saturated carbocycles. The first kappa shape index (κ1) is 13.0. The smallest absolute Gasteiger partial charge is 0.186 e. The summed E-state index contributed by atoms with van der Waals surface area (Å²) < 4.78 is 1.09. The van der Waals surface area contributed by atoms with Gasteiger partial charge in [0, 0.05) is 16.8 Å². The predicted molar refractivity (Wildman–Crippen MR) is 83.6 cm³/mol. The number of nitrogens with zero attached hydrogens (tertiary/aromatic N) is 3. The average molecular weight is 345 g/mol. The lowest BCUT2D eigenvalue weighted by Gasteiger charge is -2.09. The molecule has 0 bridgehead atoms. The third kappa shape index (κ3) is 2.50. The number of halogens is 1. The molecule has 0 radical (unpaired) electrons. The summed E-state index contributed by atoms with van der Waals surface area (Å²) in [6.07, 6.45) is 0. The van der Waals surface area contributed by atoms with Crippen molar-refractivity contribution in [2.45, 2.75) is 6.54 Å². The van der Waals surface area contributed by atoms with Crippen LogP contribution in [0.4, 0.5) is 5.69 Å². The Labute approximate surface area is 128 Å². The van der Waals surface area contributed by atoms with Crippen molar-refractivity contribution in [2.75, 3.05) is 5.32 Å². The Morgan fingerprint density at radius 1 is 1.20 bits per heavy atom. The highest BCUT2D eigenvalue weighted by Crippen LogP contribution is 2.26. The highest BCUT2D eigenvalue weighted by Gasteiger charge is 2.10. The highest BCUT2D eigenvalue weighted by molar-refractivity contribution is 9.11. The molecular weight excluding hydrogens is 336 g/mol. The molecule has 0 unspecified atom stereocenters. The molecule has 4 nitrogen and oxygen atoms in total. The Morgan fingerprint density at radius 2 is 2.05 bits per heavy atom. The van der Waals surface area contributed by atoms with Crippen molar-refractivity contribution < 1.29 is 0 Å². The molecule has 3 rings (SSSR count). The molecule has 3 aromatic rings. The SMILES string of the molecule is N#Cc1nnc2ccccc2c1NCc1ccc(Br)s1. The van der Waals surface area contributed by atoms with Gasteiger partial charge in [0.1, 0.15) is 6.07 Å². The Hall–Kier alpha value is -1.97. The van der Waals surface area contributed by atoms with Gasteiger partial charge in [-0.3, -0.25) is 0 Å². The largest absolute Gasteiger partial charge is 0.377 e. The standard InChI is InChI=1S/C14H9BrN4S/c15-13-6-5-9(20-13)8-17-14-10-3-1-2-4-11(10)18-19-12(14)7-16/h1-6H,8H2,(H,17,18). The van der Waals surface area contributed by atoms with Crippen molar-refractivity contribution in [1.29, 1.82) is 5.26 Å². The maximum Gasteiger partial charge on any atom is 0.186 e. The summed E-state index contributed by atoms with van der Waals surface area (Å²) in [5.41, 5.74) is 1.84. The van der Waals surface area contributed by atoms with Crippen molar-refractivity contribution in [3.63, 3.8) is 0 Å². The van der Waals surface area contributed by atoms with E-state index in [2.05, 4.69) is 37.5 Å². The van der Waals surface area contributed by atoms with Gasteiger partial charge < -0.3 is 5.32 Å². The Kier molecular flexibility index (Phi) is 3.63. The van der Waals surface area contributed by atoms with E-state index in [0.717, 1.165) is 20.4 Å². The van der Waals surface area contributed by atoms with Crippen LogP contribution in [0.15, 0.2) is 40.2 Å². The summed E-state index contributed by atoms with van der Waals surface area (Å²) >= 11 is 5.10. The fourth-order valence-corrected chi connectivity index (χ4v) is 3.36. The lowest BCUT2D eigenvalue weighted by Crippen LogP contribution is -2.03. The van der Waals surface area contributed by atoms with Gasteiger partial charge in [0.15, 0.2) is 5.69 Å². The monoisotopic (exact) mass is 344 g/mol. The molecule has 98 valence electrons. The van der Waals surface area contributed by atoms with Gasteiger partial charge in [-0.05, 0) is 34.1 Å². The zero-order chi connectivity index (χ0) is 13.9. The number of hydrogen-bond acceptors (Lipinski definition) is 5. The summed E-state index contributed by atoms with van der Waals surface area (Å²) in [5, 5.41) is 21.4. The second-order valence-corrected chi connectivity index (χ2v) is 6.66. The van der Waals surface area contributed by atoms with Crippen LogP contribution in [-0.2, 0) is 6.54 Å². The first-order valence-corrected chi connectivity index (χ1v) is 7.52. The van der Waals surface area contributed by atoms with Crippen LogP contribution in [0.3, 0.4) is 0 Å². The van der Waals surface area contributed by atoms with E-state index in [1.54, 1.807) is 11.3 Å². The number of rotatable bonds is 3. The van der Waals surface area contributed by atoms with E-state index in [1.165, 1.54) is 4.88 Å². The lowest BCUT2D eigenvalue weighted by atomic mass is 10.1. The van der Waals surface area contributed by atoms with E-state index in [-0.39, 0.29) is 0 Å². The maximum atomic E-state index is 9.18. The average Bonchev–Trinajstić information content (AvgIpc) is 2.90. The number of anilines is 1. The van der Waals surface area contributed by atoms with Gasteiger partial charge in [-0.25, -0.2) is 0 Å². The molecule has 1 aromatic carbocycles. The van der Waals surface area contributed by atoms with Gasteiger partial charge in [0.2, 0.25) is 0 Å². The van der Waals surface area contributed by atoms with Gasteiger partial charge in [-0.1, -0.05) is 18.2 Å². The molecular formula is C14H9BrN4S. The van der Waals surface area contributed by atoms with Crippen LogP contribution in [0.1, 0.15) is 10.6 Å². The molecule has 0 atom stereocenters. The van der Waals surface area contributed by atoms with Gasteiger partial charge in [-0.15, -0.1) is 21.5 Å². The number of benzene rings is 1. The fraction of sp³-hybridized carbons (Fsp3) is 0.0714. The Bertz CT molecular complexity index is 806. The molecule has 0 amide bonds. The minimum absolute atomic E-state index is 0.319. The van der Waals surface area contributed by atoms with E-state index in [0.29, 0.717) is 12.2 Å². The van der Waals surface area contributed by atoms with Crippen LogP contribution in [0.2, 0.25) is 0 Å². The predicted octanol–water partition coefficient (Wildman–Crippen LogP) is 3.94. The minimum Gasteiger partial charge on any atom is -0.377 e. The van der Waals surface area contributed by atoms with Crippen molar-refractivity contribution in [3.05, 3.63) is 50.8 Å². The Balaban J connectivity index is 1.98. The normalized spacial score (nSPS) is 10.4. The van der Waals surface area contributed by atoms with Gasteiger partial charge in [0.25, 0.3) is 0 Å². The van der Waals surface area contributed by atoms with Gasteiger partial charge in [0.05, 0.1) is 15.0 Å². The molecule has 6 heteroatoms. The summed E-state index contributed by atoms with van der Waals surface area (Å²) in [7, 11) is 0. The number of nitriles is 1. The molecule has 0 spiro atoms. The second kappa shape index (κ2) is 5.57. The number of thiophene rings is 1. The molecule has 0 aliphatic heterocycles. The van der Waals surface area contributed by atoms with E-state index in [9.17, 15) is 5.26 Å². The molecule has 2 aromatic heterocycles. The van der Waals surface area contributed by atoms with Gasteiger partial charge >= 0.3 is 0 Å². The molecule has 0 aliphatic carbocycles. The first-order valence-electron chi connectivity index (χ1n) is 5.91. The van der Waals surface area contributed by atoms with E-state index >= 15 is 0 Å². The van der Waals surface area contributed by atoms with Crippen LogP contribution in [0.5, 0.6) is 0 Å². The zero-order valence-corrected chi connectivity index (χ0v) is 12.7. The summed E-state index contributed by atoms with van der Waals surface area (Å²) in [6, 6.07) is 13.8. The van der Waals surface area contributed by atoms with Crippen LogP contribution in [0, 0.1) is 11.3 Å². The van der Waals surface area contributed by atoms with E-state index < -0.39 is 0 Å². The Morgan fingerprint density at radius 3 is 2.80 bits per heavy atom. The third-order valence-electron chi connectivity index (χ3n) is 2.84. The first-order chi connectivity index (χ1) is 9.78. The molecule has 1 N–H and O–H groups in total.